The van der Waals surface area contributed by atoms with Crippen LogP contribution in [-0.2, 0) is 14.8 Å². The number of hydrogen-bond acceptors (Lipinski definition) is 4. The molecular formula is C11H25ClN2O3S. The second-order valence-electron chi connectivity index (χ2n) is 4.41. The van der Waals surface area contributed by atoms with Gasteiger partial charge in [-0.25, -0.2) is 13.1 Å². The van der Waals surface area contributed by atoms with Crippen molar-refractivity contribution in [1.82, 2.24) is 10.0 Å². The summed E-state index contributed by atoms with van der Waals surface area (Å²) in [5.41, 5.74) is 0. The minimum absolute atomic E-state index is 0. The number of piperidine rings is 1. The Bertz CT molecular complexity index is 293. The van der Waals surface area contributed by atoms with Crippen LogP contribution < -0.4 is 10.0 Å². The number of hydrogen-bond donors (Lipinski definition) is 2. The highest BCUT2D eigenvalue weighted by Gasteiger charge is 2.14. The van der Waals surface area contributed by atoms with Crippen LogP contribution in [0.1, 0.15) is 26.2 Å². The first-order valence-electron chi connectivity index (χ1n) is 6.40. The zero-order valence-corrected chi connectivity index (χ0v) is 12.6. The number of nitrogens with one attached hydrogen (secondary N) is 2. The van der Waals surface area contributed by atoms with Gasteiger partial charge in [0.25, 0.3) is 0 Å². The lowest BCUT2D eigenvalue weighted by atomic mass is 9.96. The molecule has 7 heteroatoms. The number of sulfonamides is 1. The van der Waals surface area contributed by atoms with Crippen molar-refractivity contribution in [2.45, 2.75) is 26.2 Å². The molecule has 0 aromatic rings. The fraction of sp³-hybridized carbons (Fsp3) is 1.00. The normalized spacial score (nSPS) is 20.4. The SMILES string of the molecule is CCOCCS(=O)(=O)NCCC1CCCNC1.Cl. The molecule has 1 atom stereocenters. The van der Waals surface area contributed by atoms with Gasteiger partial charge >= 0.3 is 0 Å². The molecule has 0 bridgehead atoms. The van der Waals surface area contributed by atoms with Gasteiger partial charge in [0, 0.05) is 13.2 Å². The third-order valence-corrected chi connectivity index (χ3v) is 4.32. The molecule has 5 nitrogen and oxygen atoms in total. The standard InChI is InChI=1S/C11H24N2O3S.ClH/c1-2-16-8-9-17(14,15)13-7-5-11-4-3-6-12-10-11;/h11-13H,2-10H2,1H3;1H. The Hall–Kier alpha value is 0.120. The predicted molar refractivity (Wildman–Crippen MR) is 75.7 cm³/mol. The lowest BCUT2D eigenvalue weighted by molar-refractivity contribution is 0.163. The van der Waals surface area contributed by atoms with E-state index in [0.29, 0.717) is 19.1 Å². The molecule has 1 aliphatic rings. The highest BCUT2D eigenvalue weighted by molar-refractivity contribution is 7.89. The monoisotopic (exact) mass is 300 g/mol. The van der Waals surface area contributed by atoms with Crippen molar-refractivity contribution in [3.63, 3.8) is 0 Å². The lowest BCUT2D eigenvalue weighted by Gasteiger charge is -2.22. The Morgan fingerprint density at radius 3 is 2.83 bits per heavy atom. The summed E-state index contributed by atoms with van der Waals surface area (Å²) in [6.07, 6.45) is 3.32. The highest BCUT2D eigenvalue weighted by Crippen LogP contribution is 2.12. The van der Waals surface area contributed by atoms with Crippen LogP contribution >= 0.6 is 12.4 Å². The van der Waals surface area contributed by atoms with Crippen LogP contribution in [0.2, 0.25) is 0 Å². The minimum Gasteiger partial charge on any atom is -0.381 e. The van der Waals surface area contributed by atoms with Crippen LogP contribution in [0.5, 0.6) is 0 Å². The van der Waals surface area contributed by atoms with E-state index in [9.17, 15) is 8.42 Å². The van der Waals surface area contributed by atoms with E-state index in [1.165, 1.54) is 12.8 Å². The molecular weight excluding hydrogens is 276 g/mol. The summed E-state index contributed by atoms with van der Waals surface area (Å²) in [5, 5.41) is 3.33. The average Bonchev–Trinajstić information content (AvgIpc) is 2.30. The minimum atomic E-state index is -3.15. The molecule has 1 unspecified atom stereocenters. The lowest BCUT2D eigenvalue weighted by Crippen LogP contribution is -2.34. The van der Waals surface area contributed by atoms with Crippen LogP contribution in [0.25, 0.3) is 0 Å². The van der Waals surface area contributed by atoms with Crippen molar-refractivity contribution in [2.24, 2.45) is 5.92 Å². The van der Waals surface area contributed by atoms with Gasteiger partial charge in [-0.2, -0.15) is 0 Å². The number of halogens is 1. The molecule has 0 aliphatic carbocycles. The molecule has 1 saturated heterocycles. The third kappa shape index (κ3) is 8.26. The van der Waals surface area contributed by atoms with Gasteiger partial charge in [-0.1, -0.05) is 0 Å². The first-order chi connectivity index (χ1) is 8.14. The first kappa shape index (κ1) is 18.1. The summed E-state index contributed by atoms with van der Waals surface area (Å²) in [6.45, 7) is 5.34. The molecule has 0 saturated carbocycles. The molecule has 0 radical (unpaired) electrons. The Morgan fingerprint density at radius 1 is 1.44 bits per heavy atom. The van der Waals surface area contributed by atoms with Crippen LogP contribution in [0, 0.1) is 5.92 Å². The summed E-state index contributed by atoms with van der Waals surface area (Å²) in [6, 6.07) is 0. The smallest absolute Gasteiger partial charge is 0.213 e. The Morgan fingerprint density at radius 2 is 2.22 bits per heavy atom. The maximum atomic E-state index is 11.5. The van der Waals surface area contributed by atoms with E-state index in [2.05, 4.69) is 10.0 Å². The second kappa shape index (κ2) is 9.97. The maximum Gasteiger partial charge on any atom is 0.213 e. The highest BCUT2D eigenvalue weighted by atomic mass is 35.5. The molecule has 1 heterocycles. The zero-order valence-electron chi connectivity index (χ0n) is 11.0. The van der Waals surface area contributed by atoms with Crippen molar-refractivity contribution >= 4 is 22.4 Å². The van der Waals surface area contributed by atoms with Crippen LogP contribution in [-0.4, -0.2) is 47.0 Å². The average molecular weight is 301 g/mol. The molecule has 110 valence electrons. The molecule has 18 heavy (non-hydrogen) atoms. The van der Waals surface area contributed by atoms with Gasteiger partial charge in [0.15, 0.2) is 0 Å². The summed E-state index contributed by atoms with van der Waals surface area (Å²) in [5.74, 6) is 0.669. The fourth-order valence-corrected chi connectivity index (χ4v) is 2.88. The third-order valence-electron chi connectivity index (χ3n) is 2.97. The number of ether oxygens (including phenoxy) is 1. The summed E-state index contributed by atoms with van der Waals surface area (Å²) < 4.78 is 30.7. The maximum absolute atomic E-state index is 11.5. The van der Waals surface area contributed by atoms with E-state index in [1.807, 2.05) is 6.92 Å². The molecule has 1 aliphatic heterocycles. The van der Waals surface area contributed by atoms with Gasteiger partial charge in [-0.05, 0) is 45.2 Å². The van der Waals surface area contributed by atoms with Gasteiger partial charge in [0.1, 0.15) is 0 Å². The van der Waals surface area contributed by atoms with Gasteiger partial charge in [-0.15, -0.1) is 12.4 Å². The van der Waals surface area contributed by atoms with Gasteiger partial charge in [0.2, 0.25) is 10.0 Å². The quantitative estimate of drug-likeness (QED) is 0.649. The molecule has 2 N–H and O–H groups in total. The van der Waals surface area contributed by atoms with Crippen LogP contribution in [0.3, 0.4) is 0 Å². The van der Waals surface area contributed by atoms with Crippen molar-refractivity contribution in [3.8, 4) is 0 Å². The molecule has 0 amide bonds. The van der Waals surface area contributed by atoms with E-state index >= 15 is 0 Å². The summed E-state index contributed by atoms with van der Waals surface area (Å²) >= 11 is 0. The van der Waals surface area contributed by atoms with Crippen LogP contribution in [0.15, 0.2) is 0 Å². The van der Waals surface area contributed by atoms with E-state index in [-0.39, 0.29) is 24.8 Å². The van der Waals surface area contributed by atoms with E-state index in [4.69, 9.17) is 4.74 Å². The Labute approximate surface area is 117 Å². The molecule has 0 aromatic heterocycles. The summed E-state index contributed by atoms with van der Waals surface area (Å²) in [4.78, 5) is 0. The van der Waals surface area contributed by atoms with Gasteiger partial charge in [0.05, 0.1) is 12.4 Å². The van der Waals surface area contributed by atoms with E-state index in [0.717, 1.165) is 19.5 Å². The van der Waals surface area contributed by atoms with E-state index < -0.39 is 10.0 Å². The predicted octanol–water partition coefficient (Wildman–Crippen LogP) is 0.754. The van der Waals surface area contributed by atoms with Crippen molar-refractivity contribution in [2.75, 3.05) is 38.6 Å². The van der Waals surface area contributed by atoms with Crippen molar-refractivity contribution < 1.29 is 13.2 Å². The first-order valence-corrected chi connectivity index (χ1v) is 8.05. The Kier molecular flexibility index (Phi) is 10.0. The van der Waals surface area contributed by atoms with Crippen molar-refractivity contribution in [3.05, 3.63) is 0 Å². The molecule has 0 spiro atoms. The molecule has 0 aromatic carbocycles. The van der Waals surface area contributed by atoms with E-state index in [1.54, 1.807) is 0 Å². The van der Waals surface area contributed by atoms with Gasteiger partial charge in [-0.3, -0.25) is 0 Å². The van der Waals surface area contributed by atoms with Crippen molar-refractivity contribution in [1.29, 1.82) is 0 Å². The fourth-order valence-electron chi connectivity index (χ4n) is 1.97. The van der Waals surface area contributed by atoms with Gasteiger partial charge < -0.3 is 10.1 Å². The molecule has 1 fully saturated rings. The Balaban J connectivity index is 0.00000289. The van der Waals surface area contributed by atoms with Crippen LogP contribution in [0.4, 0.5) is 0 Å². The zero-order chi connectivity index (χ0) is 12.6. The molecule has 1 rings (SSSR count). The largest absolute Gasteiger partial charge is 0.381 e. The second-order valence-corrected chi connectivity index (χ2v) is 6.34. The summed E-state index contributed by atoms with van der Waals surface area (Å²) in [7, 11) is -3.15. The number of rotatable bonds is 8. The topological polar surface area (TPSA) is 67.4 Å².